The normalized spacial score (nSPS) is 27.9. The molecular formula is C12H20N2O3S2. The minimum Gasteiger partial charge on any atom is -0.481 e. The summed E-state index contributed by atoms with van der Waals surface area (Å²) in [5.74, 6) is 2.23. The fourth-order valence-corrected chi connectivity index (χ4v) is 4.94. The molecule has 2 unspecified atom stereocenters. The van der Waals surface area contributed by atoms with Gasteiger partial charge in [0.15, 0.2) is 0 Å². The van der Waals surface area contributed by atoms with Crippen molar-refractivity contribution in [3.05, 3.63) is 0 Å². The van der Waals surface area contributed by atoms with E-state index in [9.17, 15) is 9.59 Å². The zero-order chi connectivity index (χ0) is 13.7. The molecule has 0 aromatic carbocycles. The van der Waals surface area contributed by atoms with E-state index in [1.165, 1.54) is 5.75 Å². The molecule has 2 atom stereocenters. The zero-order valence-electron chi connectivity index (χ0n) is 10.8. The van der Waals surface area contributed by atoms with E-state index in [1.807, 2.05) is 23.5 Å². The van der Waals surface area contributed by atoms with Crippen molar-refractivity contribution in [2.24, 2.45) is 5.92 Å². The van der Waals surface area contributed by atoms with Crippen molar-refractivity contribution >= 4 is 35.5 Å². The number of urea groups is 1. The van der Waals surface area contributed by atoms with Crippen LogP contribution in [0.25, 0.3) is 0 Å². The Hall–Kier alpha value is -0.560. The van der Waals surface area contributed by atoms with E-state index >= 15 is 0 Å². The van der Waals surface area contributed by atoms with Crippen LogP contribution in [-0.4, -0.2) is 64.1 Å². The molecule has 2 heterocycles. The average molecular weight is 304 g/mol. The maximum absolute atomic E-state index is 12.0. The number of likely N-dealkylation sites (tertiary alicyclic amines) is 1. The van der Waals surface area contributed by atoms with Gasteiger partial charge in [0.25, 0.3) is 0 Å². The molecule has 0 aromatic heterocycles. The van der Waals surface area contributed by atoms with E-state index in [2.05, 4.69) is 5.32 Å². The van der Waals surface area contributed by atoms with Crippen LogP contribution in [0.1, 0.15) is 12.8 Å². The smallest absolute Gasteiger partial charge is 0.317 e. The summed E-state index contributed by atoms with van der Waals surface area (Å²) in [5.41, 5.74) is 0. The first-order chi connectivity index (χ1) is 9.16. The Morgan fingerprint density at radius 3 is 2.89 bits per heavy atom. The number of amides is 2. The molecule has 2 aliphatic rings. The number of aliphatic carboxylic acids is 1. The SMILES string of the molecule is O=C(O)C1CCCN(C(=O)NCC2CSCCS2)C1. The summed E-state index contributed by atoms with van der Waals surface area (Å²) in [5, 5.41) is 12.4. The lowest BCUT2D eigenvalue weighted by atomic mass is 9.99. The number of carboxylic acids is 1. The molecule has 2 rings (SSSR count). The van der Waals surface area contributed by atoms with Crippen LogP contribution < -0.4 is 5.32 Å². The molecule has 0 spiro atoms. The van der Waals surface area contributed by atoms with E-state index in [-0.39, 0.29) is 6.03 Å². The number of nitrogens with zero attached hydrogens (tertiary/aromatic N) is 1. The van der Waals surface area contributed by atoms with Crippen LogP contribution in [0.5, 0.6) is 0 Å². The van der Waals surface area contributed by atoms with Crippen LogP contribution in [0.3, 0.4) is 0 Å². The fourth-order valence-electron chi connectivity index (χ4n) is 2.33. The van der Waals surface area contributed by atoms with Crippen molar-refractivity contribution in [2.45, 2.75) is 18.1 Å². The quantitative estimate of drug-likeness (QED) is 0.823. The van der Waals surface area contributed by atoms with Gasteiger partial charge in [0, 0.05) is 42.1 Å². The molecule has 7 heteroatoms. The molecule has 0 aliphatic carbocycles. The molecule has 2 saturated heterocycles. The maximum Gasteiger partial charge on any atom is 0.317 e. The van der Waals surface area contributed by atoms with E-state index in [4.69, 9.17) is 5.11 Å². The number of carbonyl (C=O) groups excluding carboxylic acids is 1. The molecular weight excluding hydrogens is 284 g/mol. The van der Waals surface area contributed by atoms with Gasteiger partial charge in [0.1, 0.15) is 0 Å². The number of hydrogen-bond acceptors (Lipinski definition) is 4. The van der Waals surface area contributed by atoms with Gasteiger partial charge in [-0.15, -0.1) is 0 Å². The van der Waals surface area contributed by atoms with Crippen LogP contribution in [0, 0.1) is 5.92 Å². The van der Waals surface area contributed by atoms with Gasteiger partial charge in [-0.25, -0.2) is 4.79 Å². The number of hydrogen-bond donors (Lipinski definition) is 2. The summed E-state index contributed by atoms with van der Waals surface area (Å²) < 4.78 is 0. The van der Waals surface area contributed by atoms with Crippen molar-refractivity contribution in [3.63, 3.8) is 0 Å². The maximum atomic E-state index is 12.0. The molecule has 0 bridgehead atoms. The highest BCUT2D eigenvalue weighted by Crippen LogP contribution is 2.23. The highest BCUT2D eigenvalue weighted by Gasteiger charge is 2.28. The van der Waals surface area contributed by atoms with Crippen molar-refractivity contribution in [1.29, 1.82) is 0 Å². The van der Waals surface area contributed by atoms with Crippen molar-refractivity contribution in [3.8, 4) is 0 Å². The Bertz CT molecular complexity index is 335. The summed E-state index contributed by atoms with van der Waals surface area (Å²) in [6, 6.07) is -0.109. The first-order valence-corrected chi connectivity index (χ1v) is 8.82. The van der Waals surface area contributed by atoms with Crippen molar-refractivity contribution in [2.75, 3.05) is 36.9 Å². The van der Waals surface area contributed by atoms with Gasteiger partial charge in [0.2, 0.25) is 0 Å². The van der Waals surface area contributed by atoms with Crippen molar-refractivity contribution < 1.29 is 14.7 Å². The Kier molecular flexibility index (Phi) is 5.69. The third-order valence-corrected chi connectivity index (χ3v) is 6.27. The summed E-state index contributed by atoms with van der Waals surface area (Å²) in [7, 11) is 0. The lowest BCUT2D eigenvalue weighted by Gasteiger charge is -2.31. The Balaban J connectivity index is 1.74. The first kappa shape index (κ1) is 14.8. The minimum absolute atomic E-state index is 0.109. The van der Waals surface area contributed by atoms with Crippen LogP contribution in [-0.2, 0) is 4.79 Å². The van der Waals surface area contributed by atoms with Gasteiger partial charge < -0.3 is 15.3 Å². The lowest BCUT2D eigenvalue weighted by Crippen LogP contribution is -2.48. The fraction of sp³-hybridized carbons (Fsp3) is 0.833. The highest BCUT2D eigenvalue weighted by molar-refractivity contribution is 8.06. The topological polar surface area (TPSA) is 69.6 Å². The number of rotatable bonds is 3. The average Bonchev–Trinajstić information content (AvgIpc) is 2.46. The van der Waals surface area contributed by atoms with Crippen LogP contribution in [0.15, 0.2) is 0 Å². The molecule has 19 heavy (non-hydrogen) atoms. The summed E-state index contributed by atoms with van der Waals surface area (Å²) in [6.45, 7) is 1.70. The molecule has 2 fully saturated rings. The van der Waals surface area contributed by atoms with E-state index in [1.54, 1.807) is 4.90 Å². The third-order valence-electron chi connectivity index (χ3n) is 3.42. The molecule has 2 aliphatic heterocycles. The standard InChI is InChI=1S/C12H20N2O3S2/c15-11(16)9-2-1-3-14(7-9)12(17)13-6-10-8-18-4-5-19-10/h9-10H,1-8H2,(H,13,17)(H,15,16). The second kappa shape index (κ2) is 7.28. The largest absolute Gasteiger partial charge is 0.481 e. The van der Waals surface area contributed by atoms with Gasteiger partial charge in [-0.3, -0.25) is 4.79 Å². The lowest BCUT2D eigenvalue weighted by molar-refractivity contribution is -0.143. The predicted molar refractivity (Wildman–Crippen MR) is 78.9 cm³/mol. The summed E-state index contributed by atoms with van der Waals surface area (Å²) >= 11 is 3.84. The van der Waals surface area contributed by atoms with Crippen LogP contribution in [0.4, 0.5) is 4.79 Å². The number of nitrogens with one attached hydrogen (secondary N) is 1. The summed E-state index contributed by atoms with van der Waals surface area (Å²) in [6.07, 6.45) is 1.45. The molecule has 0 radical (unpaired) electrons. The number of piperidine rings is 1. The molecule has 0 aromatic rings. The van der Waals surface area contributed by atoms with E-state index in [0.29, 0.717) is 31.3 Å². The summed E-state index contributed by atoms with van der Waals surface area (Å²) in [4.78, 5) is 24.6. The van der Waals surface area contributed by atoms with Crippen LogP contribution >= 0.6 is 23.5 Å². The first-order valence-electron chi connectivity index (χ1n) is 6.61. The molecule has 0 saturated carbocycles. The number of thioether (sulfide) groups is 2. The monoisotopic (exact) mass is 304 g/mol. The van der Waals surface area contributed by atoms with Gasteiger partial charge in [0.05, 0.1) is 5.92 Å². The molecule has 2 N–H and O–H groups in total. The minimum atomic E-state index is -0.795. The van der Waals surface area contributed by atoms with E-state index in [0.717, 1.165) is 17.9 Å². The Morgan fingerprint density at radius 2 is 2.21 bits per heavy atom. The van der Waals surface area contributed by atoms with Gasteiger partial charge in [-0.2, -0.15) is 23.5 Å². The van der Waals surface area contributed by atoms with Crippen molar-refractivity contribution in [1.82, 2.24) is 10.2 Å². The van der Waals surface area contributed by atoms with Gasteiger partial charge in [-0.05, 0) is 12.8 Å². The Labute approximate surface area is 121 Å². The highest BCUT2D eigenvalue weighted by atomic mass is 32.2. The number of carboxylic acid groups (broad SMARTS) is 1. The van der Waals surface area contributed by atoms with Gasteiger partial charge >= 0.3 is 12.0 Å². The van der Waals surface area contributed by atoms with Crippen LogP contribution in [0.2, 0.25) is 0 Å². The van der Waals surface area contributed by atoms with Gasteiger partial charge in [-0.1, -0.05) is 0 Å². The second-order valence-electron chi connectivity index (χ2n) is 4.88. The van der Waals surface area contributed by atoms with E-state index < -0.39 is 11.9 Å². The number of carbonyl (C=O) groups is 2. The molecule has 2 amide bonds. The second-order valence-corrected chi connectivity index (χ2v) is 7.44. The third kappa shape index (κ3) is 4.49. The zero-order valence-corrected chi connectivity index (χ0v) is 12.5. The predicted octanol–water partition coefficient (Wildman–Crippen LogP) is 1.34. The molecule has 5 nitrogen and oxygen atoms in total. The molecule has 108 valence electrons. The Morgan fingerprint density at radius 1 is 1.37 bits per heavy atom.